The number of nitrogens with one attached hydrogen (secondary N) is 6. The Morgan fingerprint density at radius 1 is 0.421 bits per heavy atom. The molecule has 6 N–H and O–H groups in total. The summed E-state index contributed by atoms with van der Waals surface area (Å²) in [5, 5.41) is 17.6. The van der Waals surface area contributed by atoms with Crippen LogP contribution in [0.4, 0.5) is 8.78 Å². The summed E-state index contributed by atoms with van der Waals surface area (Å²) in [4.78, 5) is 119. The molecule has 23 nitrogen and oxygen atoms in total. The maximum atomic E-state index is 14.9. The Hall–Kier alpha value is -11.4. The smallest absolute Gasteiger partial charge is 0.338 e. The Bertz CT molecular complexity index is 4720. The summed E-state index contributed by atoms with van der Waals surface area (Å²) in [5.74, 6) is -10.5. The highest BCUT2D eigenvalue weighted by Crippen LogP contribution is 2.37. The summed E-state index contributed by atoms with van der Waals surface area (Å²) in [5.41, 5.74) is 2.20. The molecule has 7 aromatic carbocycles. The molecule has 3 heterocycles. The monoisotopic (exact) mass is 1660 g/mol. The van der Waals surface area contributed by atoms with Crippen molar-refractivity contribution in [3.05, 3.63) is 246 Å². The number of hydrogen-bond acceptors (Lipinski definition) is 17. The highest BCUT2D eigenvalue weighted by atomic mass is 19.1. The summed E-state index contributed by atoms with van der Waals surface area (Å²) in [7, 11) is 0. The van der Waals surface area contributed by atoms with Gasteiger partial charge in [0.1, 0.15) is 29.6 Å². The van der Waals surface area contributed by atoms with Crippen LogP contribution in [-0.2, 0) is 78.0 Å². The van der Waals surface area contributed by atoms with Gasteiger partial charge < -0.3 is 69.8 Å². The average molecular weight is 1670 g/mol. The third-order valence-corrected chi connectivity index (χ3v) is 20.3. The van der Waals surface area contributed by atoms with Crippen molar-refractivity contribution in [3.63, 3.8) is 0 Å². The van der Waals surface area contributed by atoms with Crippen molar-refractivity contribution >= 4 is 59.4 Å². The summed E-state index contributed by atoms with van der Waals surface area (Å²) in [6.07, 6.45) is 2.86. The van der Waals surface area contributed by atoms with E-state index in [9.17, 15) is 51.9 Å². The van der Waals surface area contributed by atoms with E-state index in [0.717, 1.165) is 16.7 Å². The number of carbonyl (C=O) groups excluding carboxylic acids is 9. The second-order valence-corrected chi connectivity index (χ2v) is 35.1. The van der Waals surface area contributed by atoms with Crippen molar-refractivity contribution < 1.29 is 89.8 Å². The van der Waals surface area contributed by atoms with Gasteiger partial charge in [0.05, 0.1) is 35.9 Å². The Labute approximate surface area is 709 Å². The van der Waals surface area contributed by atoms with E-state index in [-0.39, 0.29) is 66.6 Å². The zero-order chi connectivity index (χ0) is 89.0. The predicted molar refractivity (Wildman–Crippen MR) is 456 cm³/mol. The maximum absolute atomic E-state index is 14.9. The molecule has 3 aliphatic rings. The molecule has 0 radical (unpaired) electrons. The van der Waals surface area contributed by atoms with Gasteiger partial charge in [-0.3, -0.25) is 28.8 Å². The molecule has 25 heteroatoms. The predicted octanol–water partition coefficient (Wildman–Crippen LogP) is 16.6. The summed E-state index contributed by atoms with van der Waals surface area (Å²) >= 11 is 0. The van der Waals surface area contributed by atoms with Gasteiger partial charge in [0.15, 0.2) is 41.4 Å². The van der Waals surface area contributed by atoms with Gasteiger partial charge in [-0.1, -0.05) is 220 Å². The molecule has 6 amide bonds. The van der Waals surface area contributed by atoms with Crippen molar-refractivity contribution in [2.24, 2.45) is 34.0 Å². The van der Waals surface area contributed by atoms with Crippen LogP contribution in [0.15, 0.2) is 207 Å². The highest BCUT2D eigenvalue weighted by molar-refractivity contribution is 5.95. The number of amides is 6. The van der Waals surface area contributed by atoms with Gasteiger partial charge in [-0.15, -0.1) is 6.58 Å². The second kappa shape index (κ2) is 41.7. The van der Waals surface area contributed by atoms with Crippen molar-refractivity contribution in [1.29, 1.82) is 0 Å². The lowest BCUT2D eigenvalue weighted by atomic mass is 9.84. The van der Waals surface area contributed by atoms with Gasteiger partial charge in [-0.25, -0.2) is 23.2 Å². The minimum Gasteiger partial charge on any atom is -0.454 e. The van der Waals surface area contributed by atoms with Crippen molar-refractivity contribution in [2.45, 2.75) is 229 Å². The molecule has 648 valence electrons. The number of ether oxygens (including phenoxy) is 8. The first kappa shape index (κ1) is 95.1. The van der Waals surface area contributed by atoms with E-state index in [2.05, 4.69) is 38.5 Å². The number of allylic oxidation sites excluding steroid dienone is 2. The van der Waals surface area contributed by atoms with Gasteiger partial charge in [0.2, 0.25) is 52.8 Å². The third kappa shape index (κ3) is 28.1. The van der Waals surface area contributed by atoms with Gasteiger partial charge in [-0.05, 0) is 145 Å². The summed E-state index contributed by atoms with van der Waals surface area (Å²) in [6.45, 7) is 35.7. The van der Waals surface area contributed by atoms with Crippen LogP contribution in [0.2, 0.25) is 0 Å². The normalized spacial score (nSPS) is 18.7. The Morgan fingerprint density at radius 3 is 1.05 bits per heavy atom. The average Bonchev–Trinajstić information content (AvgIpc) is 1.73. The zero-order valence-corrected chi connectivity index (χ0v) is 72.5. The SMILES string of the molecule is C=CC[C@@H](C(=O)N[C@H](C(=O)N[C@H](C)c1ccccc1)C(C)(C)C)[C@@H]1OC(C)(C)OC1=O.C[C@@H](NC(=O)[C@@H](NC(=O)[C@H](C/C=C/c1ccc(Oc2ccccc2)c(F)c1)[C@@H]1OC(C)(C)OC1=O)C(C)(C)C)c1ccccc1.C[C@@H](NC(=O)[C@@H](NC(=O)[C@H](CCCc1ccc(Oc2ccccc2)c(F)c1)[C@@H]1OC(C)(C)OC1=O)C(C)(C)C)c1ccccc1. The molecular formula is C96H118F2N6O17. The Morgan fingerprint density at radius 2 is 0.736 bits per heavy atom. The molecule has 10 rings (SSSR count). The number of halogens is 2. The molecule has 3 aliphatic heterocycles. The van der Waals surface area contributed by atoms with Gasteiger partial charge >= 0.3 is 17.9 Å². The van der Waals surface area contributed by atoms with E-state index in [1.807, 2.05) is 186 Å². The number of aryl methyl sites for hydroxylation is 1. The van der Waals surface area contributed by atoms with Crippen LogP contribution < -0.4 is 41.4 Å². The van der Waals surface area contributed by atoms with Crippen LogP contribution in [0.5, 0.6) is 23.0 Å². The Kier molecular flexibility index (Phi) is 32.8. The molecule has 7 aromatic rings. The van der Waals surface area contributed by atoms with Crippen LogP contribution in [-0.4, -0.2) is 107 Å². The zero-order valence-electron chi connectivity index (χ0n) is 72.5. The molecule has 3 saturated heterocycles. The van der Waals surface area contributed by atoms with Gasteiger partial charge in [0.25, 0.3) is 0 Å². The maximum Gasteiger partial charge on any atom is 0.338 e. The number of rotatable bonds is 31. The van der Waals surface area contributed by atoms with E-state index in [1.165, 1.54) is 18.2 Å². The molecule has 0 aromatic heterocycles. The largest absolute Gasteiger partial charge is 0.454 e. The van der Waals surface area contributed by atoms with E-state index in [4.69, 9.17) is 37.9 Å². The number of cyclic esters (lactones) is 3. The minimum atomic E-state index is -1.21. The standard InChI is InChI=1S/C36H43FN2O6.C36H41FN2O6.C24H34N2O5/c2*1-23(25-15-9-7-10-16-25)38-33(41)31(35(2,3)4)39-32(40)27(30-34(42)45-36(5,6)44-30)19-13-14-24-20-21-29(28(37)22-24)43-26-17-11-8-12-18-26;1-8-12-17(18-22(29)31-24(6,7)30-18)20(27)26-19(23(3,4)5)21(28)25-15(2)16-13-10-9-11-14-16/h7-12,15-18,20-23,27,30-31H,13-14,19H2,1-6H3,(H,38,41)(H,39,40);7-18,20-23,27,30-31H,19H2,1-6H3,(H,38,41)(H,39,40);8-11,13-15,17-19H,1,12H2,2-7H3,(H,25,28)(H,26,27)/b;14-13+;/t2*23-,27-,30+,31-;15-,17-,18+,19-/m111/s1. The molecular weight excluding hydrogens is 1550 g/mol. The molecule has 121 heavy (non-hydrogen) atoms. The number of benzene rings is 7. The van der Waals surface area contributed by atoms with Crippen molar-refractivity contribution in [3.8, 4) is 23.0 Å². The lowest BCUT2D eigenvalue weighted by molar-refractivity contribution is -0.163. The number of esters is 3. The molecule has 12 atom stereocenters. The van der Waals surface area contributed by atoms with Crippen LogP contribution in [0.25, 0.3) is 6.08 Å². The third-order valence-electron chi connectivity index (χ3n) is 20.3. The fraction of sp³-hybridized carbons (Fsp3) is 0.427. The highest BCUT2D eigenvalue weighted by Gasteiger charge is 2.52. The number of carbonyl (C=O) groups is 9. The summed E-state index contributed by atoms with van der Waals surface area (Å²) < 4.78 is 74.2. The van der Waals surface area contributed by atoms with Gasteiger partial charge in [-0.2, -0.15) is 0 Å². The fourth-order valence-corrected chi connectivity index (χ4v) is 13.8. The van der Waals surface area contributed by atoms with E-state index in [0.29, 0.717) is 35.5 Å². The molecule has 3 fully saturated rings. The van der Waals surface area contributed by atoms with Crippen LogP contribution in [0, 0.1) is 45.6 Å². The van der Waals surface area contributed by atoms with E-state index < -0.39 is 135 Å². The quantitative estimate of drug-likeness (QED) is 0.0134. The first-order valence-corrected chi connectivity index (χ1v) is 40.8. The lowest BCUT2D eigenvalue weighted by Crippen LogP contribution is -2.56. The topological polar surface area (TPSA) is 300 Å². The first-order chi connectivity index (χ1) is 56.8. The minimum absolute atomic E-state index is 0.0600. The van der Waals surface area contributed by atoms with Crippen LogP contribution in [0.3, 0.4) is 0 Å². The molecule has 0 aliphatic carbocycles. The molecule has 0 unspecified atom stereocenters. The van der Waals surface area contributed by atoms with Crippen molar-refractivity contribution in [2.75, 3.05) is 0 Å². The molecule has 0 spiro atoms. The van der Waals surface area contributed by atoms with Crippen LogP contribution >= 0.6 is 0 Å². The lowest BCUT2D eigenvalue weighted by Gasteiger charge is -2.33. The van der Waals surface area contributed by atoms with Crippen molar-refractivity contribution in [1.82, 2.24) is 31.9 Å². The second-order valence-electron chi connectivity index (χ2n) is 35.1. The number of hydrogen-bond donors (Lipinski definition) is 6. The molecule has 0 bridgehead atoms. The first-order valence-electron chi connectivity index (χ1n) is 40.8. The summed E-state index contributed by atoms with van der Waals surface area (Å²) in [6, 6.07) is 52.3. The number of para-hydroxylation sites is 2. The molecule has 0 saturated carbocycles. The van der Waals surface area contributed by atoms with Gasteiger partial charge in [0, 0.05) is 41.5 Å². The fourth-order valence-electron chi connectivity index (χ4n) is 13.8. The van der Waals surface area contributed by atoms with E-state index >= 15 is 0 Å². The Balaban J connectivity index is 0.000000230. The van der Waals surface area contributed by atoms with E-state index in [1.54, 1.807) is 127 Å². The van der Waals surface area contributed by atoms with Crippen LogP contribution in [0.1, 0.15) is 196 Å².